The molecule has 1 aromatic heterocycles. The number of amides is 1. The zero-order valence-electron chi connectivity index (χ0n) is 13.2. The summed E-state index contributed by atoms with van der Waals surface area (Å²) in [5.41, 5.74) is 1.75. The van der Waals surface area contributed by atoms with Gasteiger partial charge in [0.2, 0.25) is 5.91 Å². The Labute approximate surface area is 149 Å². The van der Waals surface area contributed by atoms with Gasteiger partial charge in [-0.2, -0.15) is 0 Å². The Morgan fingerprint density at radius 2 is 1.72 bits per heavy atom. The molecular formula is C19H15ClFN3O. The monoisotopic (exact) mass is 355 g/mol. The van der Waals surface area contributed by atoms with Crippen LogP contribution in [-0.2, 0) is 11.2 Å². The van der Waals surface area contributed by atoms with Crippen molar-refractivity contribution in [3.05, 3.63) is 83.3 Å². The Hall–Kier alpha value is -2.92. The Balaban J connectivity index is 1.59. The molecule has 0 aliphatic rings. The van der Waals surface area contributed by atoms with Crippen molar-refractivity contribution in [2.24, 2.45) is 0 Å². The predicted molar refractivity (Wildman–Crippen MR) is 97.7 cm³/mol. The Morgan fingerprint density at radius 3 is 2.40 bits per heavy atom. The molecule has 2 N–H and O–H groups in total. The van der Waals surface area contributed by atoms with E-state index in [1.807, 2.05) is 12.1 Å². The smallest absolute Gasteiger partial charge is 0.228 e. The first-order valence-corrected chi connectivity index (χ1v) is 8.00. The van der Waals surface area contributed by atoms with Crippen LogP contribution in [0.2, 0.25) is 5.02 Å². The minimum absolute atomic E-state index is 0.0303. The molecule has 1 heterocycles. The van der Waals surface area contributed by atoms with Gasteiger partial charge in [-0.1, -0.05) is 29.8 Å². The lowest BCUT2D eigenvalue weighted by atomic mass is 10.1. The molecule has 0 atom stereocenters. The molecule has 0 fully saturated rings. The maximum Gasteiger partial charge on any atom is 0.228 e. The van der Waals surface area contributed by atoms with E-state index in [4.69, 9.17) is 11.6 Å². The molecule has 3 rings (SSSR count). The molecule has 2 aromatic carbocycles. The van der Waals surface area contributed by atoms with Crippen LogP contribution in [0.1, 0.15) is 5.56 Å². The normalized spacial score (nSPS) is 10.3. The summed E-state index contributed by atoms with van der Waals surface area (Å²) >= 11 is 5.84. The highest BCUT2D eigenvalue weighted by atomic mass is 35.5. The molecule has 0 saturated carbocycles. The predicted octanol–water partition coefficient (Wildman–Crippen LogP) is 4.80. The second-order valence-electron chi connectivity index (χ2n) is 5.38. The number of pyridine rings is 1. The Morgan fingerprint density at radius 1 is 1.00 bits per heavy atom. The third-order valence-corrected chi connectivity index (χ3v) is 3.72. The van der Waals surface area contributed by atoms with Crippen LogP contribution in [0.4, 0.5) is 21.6 Å². The van der Waals surface area contributed by atoms with Gasteiger partial charge in [0.15, 0.2) is 0 Å². The van der Waals surface area contributed by atoms with E-state index in [2.05, 4.69) is 15.6 Å². The van der Waals surface area contributed by atoms with Crippen LogP contribution in [0.5, 0.6) is 0 Å². The van der Waals surface area contributed by atoms with Crippen molar-refractivity contribution in [3.63, 3.8) is 0 Å². The number of hydrogen-bond acceptors (Lipinski definition) is 3. The second kappa shape index (κ2) is 7.77. The summed E-state index contributed by atoms with van der Waals surface area (Å²) in [6.07, 6.45) is 1.51. The fourth-order valence-corrected chi connectivity index (χ4v) is 2.37. The molecule has 0 spiro atoms. The van der Waals surface area contributed by atoms with E-state index < -0.39 is 5.82 Å². The summed E-state index contributed by atoms with van der Waals surface area (Å²) in [7, 11) is 0. The van der Waals surface area contributed by atoms with Gasteiger partial charge in [-0.15, -0.1) is 0 Å². The average molecular weight is 356 g/mol. The number of carbonyl (C=O) groups excluding carboxylic acids is 1. The summed E-state index contributed by atoms with van der Waals surface area (Å²) in [4.78, 5) is 16.2. The van der Waals surface area contributed by atoms with Crippen LogP contribution in [0.25, 0.3) is 0 Å². The fourth-order valence-electron chi connectivity index (χ4n) is 2.24. The van der Waals surface area contributed by atoms with Gasteiger partial charge >= 0.3 is 0 Å². The molecule has 25 heavy (non-hydrogen) atoms. The van der Waals surface area contributed by atoms with Gasteiger partial charge in [0, 0.05) is 10.7 Å². The molecule has 0 saturated heterocycles. The molecule has 1 amide bonds. The van der Waals surface area contributed by atoms with Gasteiger partial charge in [-0.3, -0.25) is 4.79 Å². The number of carbonyl (C=O) groups is 1. The molecule has 3 aromatic rings. The highest BCUT2D eigenvalue weighted by molar-refractivity contribution is 6.30. The van der Waals surface area contributed by atoms with Crippen molar-refractivity contribution < 1.29 is 9.18 Å². The van der Waals surface area contributed by atoms with Crippen molar-refractivity contribution in [1.82, 2.24) is 4.98 Å². The van der Waals surface area contributed by atoms with E-state index >= 15 is 0 Å². The minimum atomic E-state index is -0.390. The lowest BCUT2D eigenvalue weighted by molar-refractivity contribution is -0.115. The standard InChI is InChI=1S/C19H15ClFN3O/c20-14-5-7-15(8-6-14)23-18-10-9-16(12-22-18)24-19(25)11-13-3-1-2-4-17(13)21/h1-10,12H,11H2,(H,22,23)(H,24,25). The highest BCUT2D eigenvalue weighted by Crippen LogP contribution is 2.18. The maximum absolute atomic E-state index is 13.6. The number of halogens is 2. The van der Waals surface area contributed by atoms with E-state index in [0.717, 1.165) is 5.69 Å². The summed E-state index contributed by atoms with van der Waals surface area (Å²) in [5.74, 6) is -0.0574. The lowest BCUT2D eigenvalue weighted by Gasteiger charge is -2.08. The highest BCUT2D eigenvalue weighted by Gasteiger charge is 2.08. The minimum Gasteiger partial charge on any atom is -0.340 e. The Kier molecular flexibility index (Phi) is 5.26. The van der Waals surface area contributed by atoms with Gasteiger partial charge in [-0.25, -0.2) is 9.37 Å². The maximum atomic E-state index is 13.6. The summed E-state index contributed by atoms with van der Waals surface area (Å²) in [5, 5.41) is 6.49. The van der Waals surface area contributed by atoms with Gasteiger partial charge < -0.3 is 10.6 Å². The van der Waals surface area contributed by atoms with Gasteiger partial charge in [-0.05, 0) is 48.0 Å². The first-order valence-electron chi connectivity index (χ1n) is 7.62. The van der Waals surface area contributed by atoms with Crippen molar-refractivity contribution >= 4 is 34.7 Å². The van der Waals surface area contributed by atoms with Gasteiger partial charge in [0.25, 0.3) is 0 Å². The zero-order valence-corrected chi connectivity index (χ0v) is 13.9. The van der Waals surface area contributed by atoms with Crippen molar-refractivity contribution in [2.75, 3.05) is 10.6 Å². The third kappa shape index (κ3) is 4.78. The number of rotatable bonds is 5. The van der Waals surface area contributed by atoms with E-state index in [9.17, 15) is 9.18 Å². The summed E-state index contributed by atoms with van der Waals surface area (Å²) in [6, 6.07) is 16.9. The third-order valence-electron chi connectivity index (χ3n) is 3.47. The Bertz CT molecular complexity index is 867. The van der Waals surface area contributed by atoms with Crippen LogP contribution in [0, 0.1) is 5.82 Å². The zero-order chi connectivity index (χ0) is 17.6. The average Bonchev–Trinajstić information content (AvgIpc) is 2.61. The van der Waals surface area contributed by atoms with E-state index in [-0.39, 0.29) is 12.3 Å². The van der Waals surface area contributed by atoms with Gasteiger partial charge in [0.05, 0.1) is 18.3 Å². The quantitative estimate of drug-likeness (QED) is 0.691. The molecule has 4 nitrogen and oxygen atoms in total. The molecule has 0 radical (unpaired) electrons. The molecule has 126 valence electrons. The summed E-state index contributed by atoms with van der Waals surface area (Å²) in [6.45, 7) is 0. The first kappa shape index (κ1) is 16.9. The summed E-state index contributed by atoms with van der Waals surface area (Å²) < 4.78 is 13.6. The molecular weight excluding hydrogens is 341 g/mol. The number of nitrogens with one attached hydrogen (secondary N) is 2. The van der Waals surface area contributed by atoms with Crippen molar-refractivity contribution in [1.29, 1.82) is 0 Å². The SMILES string of the molecule is O=C(Cc1ccccc1F)Nc1ccc(Nc2ccc(Cl)cc2)nc1. The second-order valence-corrected chi connectivity index (χ2v) is 5.82. The van der Waals surface area contributed by atoms with Crippen LogP contribution >= 0.6 is 11.6 Å². The number of aromatic nitrogens is 1. The van der Waals surface area contributed by atoms with Crippen LogP contribution in [0.3, 0.4) is 0 Å². The van der Waals surface area contributed by atoms with Crippen molar-refractivity contribution in [3.8, 4) is 0 Å². The van der Waals surface area contributed by atoms with Crippen LogP contribution in [0.15, 0.2) is 66.9 Å². The van der Waals surface area contributed by atoms with Crippen molar-refractivity contribution in [2.45, 2.75) is 6.42 Å². The van der Waals surface area contributed by atoms with Crippen LogP contribution in [-0.4, -0.2) is 10.9 Å². The number of benzene rings is 2. The number of hydrogen-bond donors (Lipinski definition) is 2. The van der Waals surface area contributed by atoms with Gasteiger partial charge in [0.1, 0.15) is 11.6 Å². The van der Waals surface area contributed by atoms with E-state index in [1.165, 1.54) is 12.3 Å². The largest absolute Gasteiger partial charge is 0.340 e. The molecule has 0 aliphatic carbocycles. The van der Waals surface area contributed by atoms with E-state index in [1.54, 1.807) is 42.5 Å². The molecule has 0 unspecified atom stereocenters. The number of nitrogens with zero attached hydrogens (tertiary/aromatic N) is 1. The molecule has 6 heteroatoms. The molecule has 0 bridgehead atoms. The van der Waals surface area contributed by atoms with Crippen LogP contribution < -0.4 is 10.6 Å². The lowest BCUT2D eigenvalue weighted by Crippen LogP contribution is -2.15. The fraction of sp³-hybridized carbons (Fsp3) is 0.0526. The first-order chi connectivity index (χ1) is 12.1. The topological polar surface area (TPSA) is 54.0 Å². The van der Waals surface area contributed by atoms with E-state index in [0.29, 0.717) is 22.1 Å². The molecule has 0 aliphatic heterocycles. The number of anilines is 3.